The van der Waals surface area contributed by atoms with E-state index < -0.39 is 0 Å². The molecule has 12 rings (SSSR count). The number of benzene rings is 10. The van der Waals surface area contributed by atoms with Crippen LogP contribution in [0.3, 0.4) is 0 Å². The lowest BCUT2D eigenvalue weighted by atomic mass is 9.82. The summed E-state index contributed by atoms with van der Waals surface area (Å²) >= 11 is 0. The lowest BCUT2D eigenvalue weighted by Gasteiger charge is -2.30. The topological polar surface area (TPSA) is 8.17 Å². The van der Waals surface area contributed by atoms with Crippen LogP contribution in [0.5, 0.6) is 0 Å². The number of rotatable bonds is 8. The Balaban J connectivity index is 1.04. The van der Waals surface area contributed by atoms with E-state index in [4.69, 9.17) is 0 Å². The zero-order valence-corrected chi connectivity index (χ0v) is 36.5. The summed E-state index contributed by atoms with van der Waals surface area (Å²) in [5.74, 6) is 0. The van der Waals surface area contributed by atoms with Crippen molar-refractivity contribution in [2.75, 3.05) is 4.90 Å². The summed E-state index contributed by atoms with van der Waals surface area (Å²) in [5.41, 5.74) is 21.7. The minimum atomic E-state index is -0.150. The molecule has 0 atom stereocenters. The van der Waals surface area contributed by atoms with Crippen molar-refractivity contribution < 1.29 is 0 Å². The highest BCUT2D eigenvalue weighted by Crippen LogP contribution is 2.52. The molecule has 0 fully saturated rings. The predicted octanol–water partition coefficient (Wildman–Crippen LogP) is 17.2. The first kappa shape index (κ1) is 38.5. The van der Waals surface area contributed by atoms with E-state index in [2.05, 4.69) is 266 Å². The zero-order valence-electron chi connectivity index (χ0n) is 36.5. The molecule has 65 heavy (non-hydrogen) atoms. The Labute approximate surface area is 381 Å². The van der Waals surface area contributed by atoms with Crippen molar-refractivity contribution in [1.29, 1.82) is 0 Å². The standard InChI is InChI=1S/C63H46N2/c1-63(2)57-32-16-13-28-53(57)54-41-40-47(42-58(54)63)64(59-33-17-14-29-55(59)52-27-12-11-26-51(52)50-25-10-9-24-48(50)43-20-5-3-6-21-43)46-38-36-44(37-39-46)49-31-19-35-61-62(49)56-30-15-18-34-60(56)65(61)45-22-7-4-8-23-45/h3-42H,1-2H3. The molecule has 0 saturated carbocycles. The molecule has 0 spiro atoms. The first-order valence-electron chi connectivity index (χ1n) is 22.6. The zero-order chi connectivity index (χ0) is 43.5. The van der Waals surface area contributed by atoms with Gasteiger partial charge in [-0.3, -0.25) is 0 Å². The SMILES string of the molecule is CC1(C)c2ccccc2-c2ccc(N(c3ccc(-c4cccc5c4c4ccccc4n5-c4ccccc4)cc3)c3ccccc3-c3ccccc3-c3ccccc3-c3ccccc3)cc21. The Morgan fingerprint density at radius 3 is 1.60 bits per heavy atom. The Bertz CT molecular complexity index is 3560. The summed E-state index contributed by atoms with van der Waals surface area (Å²) in [5, 5.41) is 2.51. The van der Waals surface area contributed by atoms with E-state index in [0.717, 1.165) is 28.3 Å². The van der Waals surface area contributed by atoms with Gasteiger partial charge in [0.05, 0.1) is 16.7 Å². The first-order chi connectivity index (χ1) is 32.0. The smallest absolute Gasteiger partial charge is 0.0547 e. The van der Waals surface area contributed by atoms with Gasteiger partial charge in [0, 0.05) is 38.8 Å². The van der Waals surface area contributed by atoms with Crippen LogP contribution in [-0.4, -0.2) is 4.57 Å². The maximum Gasteiger partial charge on any atom is 0.0547 e. The monoisotopic (exact) mass is 830 g/mol. The molecule has 0 saturated heterocycles. The van der Waals surface area contributed by atoms with Crippen LogP contribution in [0.4, 0.5) is 17.1 Å². The molecule has 0 N–H and O–H groups in total. The number of para-hydroxylation sites is 3. The Morgan fingerprint density at radius 2 is 0.846 bits per heavy atom. The van der Waals surface area contributed by atoms with E-state index >= 15 is 0 Å². The Kier molecular flexibility index (Phi) is 9.21. The molecule has 1 aromatic heterocycles. The van der Waals surface area contributed by atoms with Gasteiger partial charge in [-0.15, -0.1) is 0 Å². The quantitative estimate of drug-likeness (QED) is 0.148. The van der Waals surface area contributed by atoms with Gasteiger partial charge < -0.3 is 9.47 Å². The Hall–Kier alpha value is -8.20. The third-order valence-electron chi connectivity index (χ3n) is 13.6. The van der Waals surface area contributed by atoms with E-state index in [1.165, 1.54) is 83.0 Å². The molecule has 1 aliphatic carbocycles. The molecule has 0 bridgehead atoms. The van der Waals surface area contributed by atoms with Gasteiger partial charge in [-0.2, -0.15) is 0 Å². The molecule has 1 aliphatic rings. The number of aromatic nitrogens is 1. The Morgan fingerprint density at radius 1 is 0.338 bits per heavy atom. The molecule has 2 nitrogen and oxygen atoms in total. The minimum Gasteiger partial charge on any atom is -0.310 e. The first-order valence-corrected chi connectivity index (χ1v) is 22.6. The summed E-state index contributed by atoms with van der Waals surface area (Å²) in [7, 11) is 0. The second-order valence-electron chi connectivity index (χ2n) is 17.6. The summed E-state index contributed by atoms with van der Waals surface area (Å²) < 4.78 is 2.39. The van der Waals surface area contributed by atoms with Crippen LogP contribution in [0.15, 0.2) is 243 Å². The van der Waals surface area contributed by atoms with Crippen LogP contribution in [-0.2, 0) is 5.41 Å². The average Bonchev–Trinajstić information content (AvgIpc) is 3.83. The van der Waals surface area contributed by atoms with Crippen LogP contribution in [0, 0.1) is 0 Å². The second-order valence-corrected chi connectivity index (χ2v) is 17.6. The highest BCUT2D eigenvalue weighted by atomic mass is 15.1. The molecular formula is C63H46N2. The second kappa shape index (κ2) is 15.6. The van der Waals surface area contributed by atoms with Gasteiger partial charge in [0.25, 0.3) is 0 Å². The summed E-state index contributed by atoms with van der Waals surface area (Å²) in [6.07, 6.45) is 0. The predicted molar refractivity (Wildman–Crippen MR) is 275 cm³/mol. The van der Waals surface area contributed by atoms with Gasteiger partial charge in [0.15, 0.2) is 0 Å². The molecule has 2 heteroatoms. The van der Waals surface area contributed by atoms with Crippen LogP contribution < -0.4 is 4.90 Å². The van der Waals surface area contributed by atoms with Crippen molar-refractivity contribution in [1.82, 2.24) is 4.57 Å². The normalized spacial score (nSPS) is 12.6. The van der Waals surface area contributed by atoms with Crippen LogP contribution in [0.2, 0.25) is 0 Å². The van der Waals surface area contributed by atoms with Crippen molar-refractivity contribution in [3.05, 3.63) is 254 Å². The lowest BCUT2D eigenvalue weighted by Crippen LogP contribution is -2.17. The highest BCUT2D eigenvalue weighted by molar-refractivity contribution is 6.16. The molecule has 308 valence electrons. The van der Waals surface area contributed by atoms with E-state index in [9.17, 15) is 0 Å². The summed E-state index contributed by atoms with van der Waals surface area (Å²) in [6.45, 7) is 4.73. The van der Waals surface area contributed by atoms with Crippen molar-refractivity contribution in [2.45, 2.75) is 19.3 Å². The van der Waals surface area contributed by atoms with Gasteiger partial charge in [-0.1, -0.05) is 202 Å². The number of hydrogen-bond donors (Lipinski definition) is 0. The van der Waals surface area contributed by atoms with Gasteiger partial charge >= 0.3 is 0 Å². The maximum atomic E-state index is 2.47. The third-order valence-corrected chi connectivity index (χ3v) is 13.6. The fourth-order valence-electron chi connectivity index (χ4n) is 10.6. The number of hydrogen-bond acceptors (Lipinski definition) is 1. The highest BCUT2D eigenvalue weighted by Gasteiger charge is 2.36. The van der Waals surface area contributed by atoms with E-state index in [0.29, 0.717) is 0 Å². The van der Waals surface area contributed by atoms with Crippen molar-refractivity contribution >= 4 is 38.9 Å². The van der Waals surface area contributed by atoms with Gasteiger partial charge in [0.2, 0.25) is 0 Å². The third kappa shape index (κ3) is 6.32. The number of fused-ring (bicyclic) bond motifs is 6. The van der Waals surface area contributed by atoms with Crippen LogP contribution in [0.25, 0.3) is 83.1 Å². The van der Waals surface area contributed by atoms with E-state index in [1.54, 1.807) is 0 Å². The van der Waals surface area contributed by atoms with Gasteiger partial charge in [-0.05, 0) is 116 Å². The minimum absolute atomic E-state index is 0.150. The van der Waals surface area contributed by atoms with E-state index in [1.807, 2.05) is 0 Å². The largest absolute Gasteiger partial charge is 0.310 e. The fraction of sp³-hybridized carbons (Fsp3) is 0.0476. The molecule has 0 unspecified atom stereocenters. The molecule has 11 aromatic rings. The van der Waals surface area contributed by atoms with Crippen LogP contribution in [0.1, 0.15) is 25.0 Å². The van der Waals surface area contributed by atoms with Crippen molar-refractivity contribution in [2.24, 2.45) is 0 Å². The van der Waals surface area contributed by atoms with Crippen molar-refractivity contribution in [3.8, 4) is 61.3 Å². The summed E-state index contributed by atoms with van der Waals surface area (Å²) in [4.78, 5) is 2.47. The maximum absolute atomic E-state index is 2.47. The summed E-state index contributed by atoms with van der Waals surface area (Å²) in [6, 6.07) is 88.8. The molecule has 0 amide bonds. The van der Waals surface area contributed by atoms with Crippen LogP contribution >= 0.6 is 0 Å². The number of nitrogens with zero attached hydrogens (tertiary/aromatic N) is 2. The van der Waals surface area contributed by atoms with Crippen molar-refractivity contribution in [3.63, 3.8) is 0 Å². The molecule has 0 aliphatic heterocycles. The molecule has 10 aromatic carbocycles. The molecular weight excluding hydrogens is 785 g/mol. The lowest BCUT2D eigenvalue weighted by molar-refractivity contribution is 0.660. The van der Waals surface area contributed by atoms with Gasteiger partial charge in [-0.25, -0.2) is 0 Å². The fourth-order valence-corrected chi connectivity index (χ4v) is 10.6. The molecule has 1 heterocycles. The molecule has 0 radical (unpaired) electrons. The number of anilines is 3. The van der Waals surface area contributed by atoms with Gasteiger partial charge in [0.1, 0.15) is 0 Å². The average molecular weight is 831 g/mol. The van der Waals surface area contributed by atoms with E-state index in [-0.39, 0.29) is 5.41 Å².